The number of hydrogen-bond acceptors (Lipinski definition) is 6. The molecule has 0 saturated carbocycles. The summed E-state index contributed by atoms with van der Waals surface area (Å²) in [5.41, 5.74) is 1.97. The molecule has 1 atom stereocenters. The Labute approximate surface area is 173 Å². The number of halogens is 3. The van der Waals surface area contributed by atoms with Crippen LogP contribution in [0.15, 0.2) is 30.5 Å². The van der Waals surface area contributed by atoms with Crippen molar-refractivity contribution in [1.29, 1.82) is 0 Å². The van der Waals surface area contributed by atoms with Gasteiger partial charge in [0.1, 0.15) is 11.6 Å². The van der Waals surface area contributed by atoms with Crippen molar-refractivity contribution in [2.45, 2.75) is 51.9 Å². The predicted molar refractivity (Wildman–Crippen MR) is 107 cm³/mol. The lowest BCUT2D eigenvalue weighted by Crippen LogP contribution is -2.59. The van der Waals surface area contributed by atoms with Crippen LogP contribution in [0.4, 0.5) is 19.0 Å². The first-order valence-corrected chi connectivity index (χ1v) is 9.46. The van der Waals surface area contributed by atoms with Gasteiger partial charge in [-0.3, -0.25) is 9.88 Å². The number of aryl methyl sites for hydroxylation is 1. The van der Waals surface area contributed by atoms with E-state index in [1.807, 2.05) is 31.2 Å². The molecule has 2 aromatic rings. The standard InChI is InChI=1S/C18H25N5.C2HF3O2/c1-13-21-16(15-7-5-6-9-19-15)11-17(22-13)20-12-14-8-10-23(14)18(2,3)4;3-2(4,5)1(6)7/h5-7,9,11,14H,8,10,12H2,1-4H3,(H,20,21,22);(H,6,7). The lowest BCUT2D eigenvalue weighted by atomic mass is 9.93. The second-order valence-electron chi connectivity index (χ2n) is 7.89. The summed E-state index contributed by atoms with van der Waals surface area (Å²) >= 11 is 0. The molecule has 1 aliphatic rings. The van der Waals surface area contributed by atoms with Gasteiger partial charge < -0.3 is 10.4 Å². The maximum atomic E-state index is 10.6. The van der Waals surface area contributed by atoms with Crippen LogP contribution >= 0.6 is 0 Å². The molecule has 3 heterocycles. The van der Waals surface area contributed by atoms with Crippen molar-refractivity contribution >= 4 is 11.8 Å². The number of rotatable bonds is 4. The van der Waals surface area contributed by atoms with Gasteiger partial charge in [-0.25, -0.2) is 14.8 Å². The van der Waals surface area contributed by atoms with Crippen LogP contribution in [0.2, 0.25) is 0 Å². The van der Waals surface area contributed by atoms with E-state index >= 15 is 0 Å². The summed E-state index contributed by atoms with van der Waals surface area (Å²) in [6, 6.07) is 8.41. The molecule has 2 aromatic heterocycles. The average molecular weight is 425 g/mol. The van der Waals surface area contributed by atoms with Gasteiger partial charge >= 0.3 is 12.1 Å². The van der Waals surface area contributed by atoms with Crippen molar-refractivity contribution in [1.82, 2.24) is 19.9 Å². The van der Waals surface area contributed by atoms with Crippen molar-refractivity contribution in [2.24, 2.45) is 0 Å². The molecule has 1 unspecified atom stereocenters. The Kier molecular flexibility index (Phi) is 7.35. The van der Waals surface area contributed by atoms with Crippen molar-refractivity contribution < 1.29 is 23.1 Å². The molecule has 0 radical (unpaired) electrons. The van der Waals surface area contributed by atoms with Gasteiger partial charge in [0.15, 0.2) is 0 Å². The van der Waals surface area contributed by atoms with Gasteiger partial charge in [0.25, 0.3) is 0 Å². The van der Waals surface area contributed by atoms with E-state index in [4.69, 9.17) is 9.90 Å². The second-order valence-corrected chi connectivity index (χ2v) is 7.89. The monoisotopic (exact) mass is 425 g/mol. The molecule has 0 amide bonds. The Bertz CT molecular complexity index is 854. The van der Waals surface area contributed by atoms with E-state index in [9.17, 15) is 13.2 Å². The number of nitrogens with zero attached hydrogens (tertiary/aromatic N) is 4. The van der Waals surface area contributed by atoms with E-state index in [1.165, 1.54) is 13.0 Å². The second kappa shape index (κ2) is 9.38. The highest BCUT2D eigenvalue weighted by Crippen LogP contribution is 2.27. The third-order valence-electron chi connectivity index (χ3n) is 4.53. The van der Waals surface area contributed by atoms with Gasteiger partial charge in [-0.2, -0.15) is 13.2 Å². The normalized spacial score (nSPS) is 16.8. The van der Waals surface area contributed by atoms with E-state index in [-0.39, 0.29) is 5.54 Å². The minimum absolute atomic E-state index is 0.227. The fourth-order valence-electron chi connectivity index (χ4n) is 3.06. The van der Waals surface area contributed by atoms with Gasteiger partial charge in [0.2, 0.25) is 0 Å². The van der Waals surface area contributed by atoms with Gasteiger partial charge in [-0.15, -0.1) is 0 Å². The van der Waals surface area contributed by atoms with E-state index in [0.29, 0.717) is 6.04 Å². The van der Waals surface area contributed by atoms with Crippen LogP contribution < -0.4 is 5.32 Å². The zero-order valence-electron chi connectivity index (χ0n) is 17.4. The molecule has 0 aromatic carbocycles. The smallest absolute Gasteiger partial charge is 0.475 e. The number of aromatic nitrogens is 3. The lowest BCUT2D eigenvalue weighted by Gasteiger charge is -2.49. The molecule has 164 valence electrons. The molecule has 1 saturated heterocycles. The first kappa shape index (κ1) is 23.5. The summed E-state index contributed by atoms with van der Waals surface area (Å²) in [4.78, 5) is 24.8. The predicted octanol–water partition coefficient (Wildman–Crippen LogP) is 3.77. The van der Waals surface area contributed by atoms with Crippen molar-refractivity contribution in [3.8, 4) is 11.4 Å². The Balaban J connectivity index is 0.000000396. The largest absolute Gasteiger partial charge is 0.490 e. The molecule has 0 spiro atoms. The minimum atomic E-state index is -5.08. The molecular weight excluding hydrogens is 399 g/mol. The zero-order chi connectivity index (χ0) is 22.5. The number of alkyl halides is 3. The van der Waals surface area contributed by atoms with Crippen molar-refractivity contribution in [3.63, 3.8) is 0 Å². The van der Waals surface area contributed by atoms with E-state index < -0.39 is 12.1 Å². The molecule has 10 heteroatoms. The third kappa shape index (κ3) is 6.65. The number of anilines is 1. The Morgan fingerprint density at radius 1 is 1.23 bits per heavy atom. The Morgan fingerprint density at radius 2 is 1.90 bits per heavy atom. The van der Waals surface area contributed by atoms with Crippen molar-refractivity contribution in [2.75, 3.05) is 18.4 Å². The fourth-order valence-corrected chi connectivity index (χ4v) is 3.06. The molecule has 0 aliphatic carbocycles. The number of carboxylic acids is 1. The fraction of sp³-hybridized carbons (Fsp3) is 0.500. The first-order valence-electron chi connectivity index (χ1n) is 9.46. The molecule has 1 aliphatic heterocycles. The molecule has 30 heavy (non-hydrogen) atoms. The number of pyridine rings is 1. The maximum absolute atomic E-state index is 10.6. The number of carboxylic acid groups (broad SMARTS) is 1. The summed E-state index contributed by atoms with van der Waals surface area (Å²) in [5.74, 6) is -1.12. The quantitative estimate of drug-likeness (QED) is 0.771. The number of carbonyl (C=O) groups is 1. The van der Waals surface area contributed by atoms with Crippen LogP contribution in [0.1, 0.15) is 33.0 Å². The third-order valence-corrected chi connectivity index (χ3v) is 4.53. The molecular formula is C20H26F3N5O2. The first-order chi connectivity index (χ1) is 13.9. The SMILES string of the molecule is Cc1nc(NCC2CCN2C(C)(C)C)cc(-c2ccccn2)n1.O=C(O)C(F)(F)F. The topological polar surface area (TPSA) is 91.2 Å². The summed E-state index contributed by atoms with van der Waals surface area (Å²) in [7, 11) is 0. The van der Waals surface area contributed by atoms with Gasteiger partial charge in [0.05, 0.1) is 11.4 Å². The summed E-state index contributed by atoms with van der Waals surface area (Å²) < 4.78 is 31.7. The number of nitrogens with one attached hydrogen (secondary N) is 1. The number of hydrogen-bond donors (Lipinski definition) is 2. The molecule has 7 nitrogen and oxygen atoms in total. The maximum Gasteiger partial charge on any atom is 0.490 e. The Morgan fingerprint density at radius 3 is 2.37 bits per heavy atom. The average Bonchev–Trinajstić information content (AvgIpc) is 2.59. The summed E-state index contributed by atoms with van der Waals surface area (Å²) in [6.07, 6.45) is -2.06. The highest BCUT2D eigenvalue weighted by molar-refractivity contribution is 5.73. The zero-order valence-corrected chi connectivity index (χ0v) is 17.4. The van der Waals surface area contributed by atoms with Crippen LogP contribution in [-0.4, -0.2) is 61.8 Å². The Hall–Kier alpha value is -2.75. The van der Waals surface area contributed by atoms with Crippen LogP contribution in [0, 0.1) is 6.92 Å². The van der Waals surface area contributed by atoms with Crippen LogP contribution in [0.25, 0.3) is 11.4 Å². The number of aliphatic carboxylic acids is 1. The lowest BCUT2D eigenvalue weighted by molar-refractivity contribution is -0.192. The van der Waals surface area contributed by atoms with Crippen LogP contribution in [0.3, 0.4) is 0 Å². The van der Waals surface area contributed by atoms with E-state index in [0.717, 1.165) is 29.6 Å². The molecule has 0 bridgehead atoms. The van der Waals surface area contributed by atoms with E-state index in [1.54, 1.807) is 6.20 Å². The minimum Gasteiger partial charge on any atom is -0.475 e. The van der Waals surface area contributed by atoms with Gasteiger partial charge in [-0.05, 0) is 46.2 Å². The van der Waals surface area contributed by atoms with Crippen LogP contribution in [0.5, 0.6) is 0 Å². The summed E-state index contributed by atoms with van der Waals surface area (Å²) in [5, 5.41) is 10.6. The number of likely N-dealkylation sites (tertiary alicyclic amines) is 1. The summed E-state index contributed by atoms with van der Waals surface area (Å²) in [6.45, 7) is 10.8. The van der Waals surface area contributed by atoms with Gasteiger partial charge in [-0.1, -0.05) is 6.07 Å². The molecule has 1 fully saturated rings. The highest BCUT2D eigenvalue weighted by Gasteiger charge is 2.38. The van der Waals surface area contributed by atoms with Gasteiger partial charge in [0, 0.05) is 36.9 Å². The van der Waals surface area contributed by atoms with Crippen molar-refractivity contribution in [3.05, 3.63) is 36.3 Å². The van der Waals surface area contributed by atoms with Crippen LogP contribution in [-0.2, 0) is 4.79 Å². The molecule has 2 N–H and O–H groups in total. The highest BCUT2D eigenvalue weighted by atomic mass is 19.4. The van der Waals surface area contributed by atoms with E-state index in [2.05, 4.69) is 45.9 Å². The molecule has 3 rings (SSSR count).